The van der Waals surface area contributed by atoms with Crippen LogP contribution < -0.4 is 4.74 Å². The Balaban J connectivity index is 1.75. The number of nitrogens with one attached hydrogen (secondary N) is 1. The molecule has 0 saturated carbocycles. The molecule has 0 saturated heterocycles. The smallest absolute Gasteiger partial charge is 0.269 e. The summed E-state index contributed by atoms with van der Waals surface area (Å²) in [5.74, 6) is 1.22. The maximum absolute atomic E-state index is 10.7. The Labute approximate surface area is 147 Å². The molecule has 9 heteroatoms. The van der Waals surface area contributed by atoms with Crippen molar-refractivity contribution in [2.24, 2.45) is 5.10 Å². The Hall–Kier alpha value is -3.33. The molecule has 126 valence electrons. The van der Waals surface area contributed by atoms with E-state index in [0.717, 1.165) is 0 Å². The Morgan fingerprint density at radius 1 is 1.24 bits per heavy atom. The van der Waals surface area contributed by atoms with Crippen molar-refractivity contribution >= 4 is 24.1 Å². The largest absolute Gasteiger partial charge is 0.486 e. The molecule has 3 aromatic rings. The molecule has 0 bridgehead atoms. The number of non-ortho nitro benzene ring substituents is 1. The lowest BCUT2D eigenvalue weighted by Crippen LogP contribution is -2.04. The van der Waals surface area contributed by atoms with Crippen molar-refractivity contribution < 1.29 is 9.66 Å². The van der Waals surface area contributed by atoms with E-state index < -0.39 is 4.92 Å². The molecular weight excluding hydrogens is 342 g/mol. The van der Waals surface area contributed by atoms with E-state index >= 15 is 0 Å². The molecule has 25 heavy (non-hydrogen) atoms. The maximum atomic E-state index is 10.7. The van der Waals surface area contributed by atoms with Crippen LogP contribution in [0, 0.1) is 14.9 Å². The van der Waals surface area contributed by atoms with E-state index in [1.54, 1.807) is 18.3 Å². The Kier molecular flexibility index (Phi) is 4.95. The van der Waals surface area contributed by atoms with Crippen LogP contribution in [0.1, 0.15) is 11.4 Å². The predicted molar refractivity (Wildman–Crippen MR) is 94.3 cm³/mol. The van der Waals surface area contributed by atoms with Gasteiger partial charge in [0.05, 0.1) is 11.1 Å². The third-order valence-corrected chi connectivity index (χ3v) is 3.52. The maximum Gasteiger partial charge on any atom is 0.269 e. The number of benzene rings is 2. The summed E-state index contributed by atoms with van der Waals surface area (Å²) in [6.45, 7) is 0.189. The minimum Gasteiger partial charge on any atom is -0.486 e. The van der Waals surface area contributed by atoms with Crippen LogP contribution in [0.2, 0.25) is 0 Å². The summed E-state index contributed by atoms with van der Waals surface area (Å²) in [6.07, 6.45) is 1.54. The molecule has 0 spiro atoms. The van der Waals surface area contributed by atoms with Gasteiger partial charge in [-0.3, -0.25) is 10.1 Å². The summed E-state index contributed by atoms with van der Waals surface area (Å²) in [5, 5.41) is 21.7. The summed E-state index contributed by atoms with van der Waals surface area (Å²) >= 11 is 5.16. The zero-order chi connectivity index (χ0) is 17.6. The van der Waals surface area contributed by atoms with Crippen molar-refractivity contribution in [1.29, 1.82) is 0 Å². The highest BCUT2D eigenvalue weighted by atomic mass is 32.1. The van der Waals surface area contributed by atoms with E-state index in [1.165, 1.54) is 16.8 Å². The van der Waals surface area contributed by atoms with Crippen LogP contribution >= 0.6 is 12.2 Å². The van der Waals surface area contributed by atoms with Crippen molar-refractivity contribution in [3.05, 3.63) is 80.9 Å². The Morgan fingerprint density at radius 2 is 1.96 bits per heavy atom. The average Bonchev–Trinajstić information content (AvgIpc) is 2.99. The second-order valence-electron chi connectivity index (χ2n) is 4.95. The second kappa shape index (κ2) is 7.49. The van der Waals surface area contributed by atoms with Crippen LogP contribution in [0.4, 0.5) is 5.69 Å². The first-order valence-corrected chi connectivity index (χ1v) is 7.67. The van der Waals surface area contributed by atoms with Gasteiger partial charge in [-0.15, -0.1) is 0 Å². The fourth-order valence-electron chi connectivity index (χ4n) is 2.01. The molecule has 3 rings (SSSR count). The molecule has 0 aliphatic carbocycles. The number of hydrogen-bond acceptors (Lipinski definition) is 6. The van der Waals surface area contributed by atoms with Crippen LogP contribution in [0.15, 0.2) is 59.7 Å². The number of nitro benzene ring substituents is 1. The molecule has 8 nitrogen and oxygen atoms in total. The summed E-state index contributed by atoms with van der Waals surface area (Å²) in [6, 6.07) is 15.4. The Morgan fingerprint density at radius 3 is 2.64 bits per heavy atom. The highest BCUT2D eigenvalue weighted by Gasteiger charge is 2.07. The zero-order valence-electron chi connectivity index (χ0n) is 12.9. The van der Waals surface area contributed by atoms with Crippen molar-refractivity contribution in [3.63, 3.8) is 0 Å². The topological polar surface area (TPSA) is 98.3 Å². The third-order valence-electron chi connectivity index (χ3n) is 3.25. The molecule has 0 amide bonds. The molecule has 1 aromatic heterocycles. The molecule has 2 aromatic carbocycles. The van der Waals surface area contributed by atoms with Gasteiger partial charge >= 0.3 is 0 Å². The van der Waals surface area contributed by atoms with Crippen LogP contribution in [-0.4, -0.2) is 26.0 Å². The predicted octanol–water partition coefficient (Wildman–Crippen LogP) is 3.31. The molecule has 1 N–H and O–H groups in total. The number of hydrogen-bond donors (Lipinski definition) is 1. The molecule has 0 aliphatic heterocycles. The van der Waals surface area contributed by atoms with Crippen LogP contribution in [0.3, 0.4) is 0 Å². The summed E-state index contributed by atoms with van der Waals surface area (Å²) in [5.41, 5.74) is 0.720. The normalized spacial score (nSPS) is 10.9. The first kappa shape index (κ1) is 16.5. The molecule has 0 fully saturated rings. The third kappa shape index (κ3) is 4.15. The van der Waals surface area contributed by atoms with Gasteiger partial charge in [0.2, 0.25) is 4.77 Å². The number of nitrogens with zero attached hydrogens (tertiary/aromatic N) is 4. The Bertz CT molecular complexity index is 948. The van der Waals surface area contributed by atoms with Crippen LogP contribution in [0.25, 0.3) is 0 Å². The van der Waals surface area contributed by atoms with E-state index in [2.05, 4.69) is 15.3 Å². The van der Waals surface area contributed by atoms with Gasteiger partial charge in [-0.1, -0.05) is 18.2 Å². The van der Waals surface area contributed by atoms with Gasteiger partial charge in [-0.25, -0.2) is 5.10 Å². The van der Waals surface area contributed by atoms with Crippen LogP contribution in [0.5, 0.6) is 5.75 Å². The SMILES string of the molecule is O=[N+]([O-])c1ccc(/C=N\n2c(COc3ccccc3)n[nH]c2=S)cc1. The quantitative estimate of drug-likeness (QED) is 0.316. The van der Waals surface area contributed by atoms with Gasteiger partial charge in [0.1, 0.15) is 12.4 Å². The van der Waals surface area contributed by atoms with Gasteiger partial charge in [-0.2, -0.15) is 14.9 Å². The number of rotatable bonds is 6. The fraction of sp³-hybridized carbons (Fsp3) is 0.0625. The summed E-state index contributed by atoms with van der Waals surface area (Å²) < 4.78 is 7.41. The lowest BCUT2D eigenvalue weighted by molar-refractivity contribution is -0.384. The molecule has 0 aliphatic rings. The second-order valence-corrected chi connectivity index (χ2v) is 5.34. The fourth-order valence-corrected chi connectivity index (χ4v) is 2.21. The van der Waals surface area contributed by atoms with Crippen LogP contribution in [-0.2, 0) is 6.61 Å². The summed E-state index contributed by atoms with van der Waals surface area (Å²) in [7, 11) is 0. The minimum atomic E-state index is -0.452. The number of nitro groups is 1. The molecule has 0 unspecified atom stereocenters. The van der Waals surface area contributed by atoms with Gasteiger partial charge in [-0.05, 0) is 42.0 Å². The molecular formula is C16H13N5O3S. The number of aromatic amines is 1. The zero-order valence-corrected chi connectivity index (χ0v) is 13.7. The first-order chi connectivity index (χ1) is 12.1. The lowest BCUT2D eigenvalue weighted by atomic mass is 10.2. The van der Waals surface area contributed by atoms with E-state index in [0.29, 0.717) is 21.9 Å². The van der Waals surface area contributed by atoms with Crippen molar-refractivity contribution in [2.75, 3.05) is 0 Å². The average molecular weight is 355 g/mol. The lowest BCUT2D eigenvalue weighted by Gasteiger charge is -2.04. The monoisotopic (exact) mass is 355 g/mol. The number of ether oxygens (including phenoxy) is 1. The minimum absolute atomic E-state index is 0.0222. The molecule has 1 heterocycles. The number of aromatic nitrogens is 3. The van der Waals surface area contributed by atoms with Gasteiger partial charge in [0.15, 0.2) is 5.82 Å². The highest BCUT2D eigenvalue weighted by Crippen LogP contribution is 2.12. The van der Waals surface area contributed by atoms with Crippen molar-refractivity contribution in [3.8, 4) is 5.75 Å². The standard InChI is InChI=1S/C16H13N5O3S/c22-21(23)13-8-6-12(7-9-13)10-17-20-15(18-19-16(20)25)11-24-14-4-2-1-3-5-14/h1-10H,11H2,(H,19,25)/b17-10-. The molecule has 0 radical (unpaired) electrons. The molecule has 0 atom stereocenters. The first-order valence-electron chi connectivity index (χ1n) is 7.26. The summed E-state index contributed by atoms with van der Waals surface area (Å²) in [4.78, 5) is 10.2. The van der Waals surface area contributed by atoms with Crippen molar-refractivity contribution in [2.45, 2.75) is 6.61 Å². The number of H-pyrrole nitrogens is 1. The van der Waals surface area contributed by atoms with E-state index in [9.17, 15) is 10.1 Å². The van der Waals surface area contributed by atoms with E-state index in [1.807, 2.05) is 30.3 Å². The number of para-hydroxylation sites is 1. The van der Waals surface area contributed by atoms with Gasteiger partial charge in [0.25, 0.3) is 5.69 Å². The van der Waals surface area contributed by atoms with E-state index in [4.69, 9.17) is 17.0 Å². The van der Waals surface area contributed by atoms with Crippen molar-refractivity contribution in [1.82, 2.24) is 14.9 Å². The van der Waals surface area contributed by atoms with E-state index in [-0.39, 0.29) is 12.3 Å². The van der Waals surface area contributed by atoms with Gasteiger partial charge < -0.3 is 4.74 Å². The highest BCUT2D eigenvalue weighted by molar-refractivity contribution is 7.71. The van der Waals surface area contributed by atoms with Gasteiger partial charge in [0, 0.05) is 12.1 Å².